The van der Waals surface area contributed by atoms with E-state index in [2.05, 4.69) is 4.98 Å². The molecule has 0 atom stereocenters. The van der Waals surface area contributed by atoms with Gasteiger partial charge in [-0.25, -0.2) is 4.68 Å². The van der Waals surface area contributed by atoms with Crippen molar-refractivity contribution in [3.05, 3.63) is 88.6 Å². The highest BCUT2D eigenvalue weighted by atomic mass is 16.6. The molecule has 0 bridgehead atoms. The lowest BCUT2D eigenvalue weighted by Gasteiger charge is -2.08. The topological polar surface area (TPSA) is 83.1 Å². The molecule has 0 saturated carbocycles. The molecule has 5 rings (SSSR count). The Morgan fingerprint density at radius 2 is 1.84 bits per heavy atom. The minimum absolute atomic E-state index is 0.0106. The predicted octanol–water partition coefficient (Wildman–Crippen LogP) is 5.86. The quantitative estimate of drug-likeness (QED) is 0.261. The molecule has 0 aliphatic heterocycles. The summed E-state index contributed by atoms with van der Waals surface area (Å²) < 4.78 is 7.48. The average Bonchev–Trinajstić information content (AvgIpc) is 3.20. The van der Waals surface area contributed by atoms with Gasteiger partial charge in [-0.15, -0.1) is 0 Å². The maximum atomic E-state index is 11.4. The third-order valence-electron chi connectivity index (χ3n) is 5.40. The van der Waals surface area contributed by atoms with E-state index in [1.165, 1.54) is 12.1 Å². The number of fused-ring (bicyclic) bond motifs is 3. The molecule has 7 heteroatoms. The summed E-state index contributed by atoms with van der Waals surface area (Å²) in [5.41, 5.74) is 5.11. The van der Waals surface area contributed by atoms with E-state index in [0.717, 1.165) is 44.4 Å². The van der Waals surface area contributed by atoms with Gasteiger partial charge in [-0.3, -0.25) is 15.1 Å². The molecule has 0 radical (unpaired) electrons. The molecule has 0 aliphatic rings. The molecular formula is C25H20N4O3. The van der Waals surface area contributed by atoms with Crippen molar-refractivity contribution in [3.8, 4) is 22.7 Å². The molecule has 0 amide bonds. The van der Waals surface area contributed by atoms with E-state index in [4.69, 9.17) is 9.84 Å². The summed E-state index contributed by atoms with van der Waals surface area (Å²) in [6, 6.07) is 20.4. The van der Waals surface area contributed by atoms with Gasteiger partial charge in [0.2, 0.25) is 0 Å². The van der Waals surface area contributed by atoms with E-state index in [1.807, 2.05) is 68.6 Å². The standard InChI is InChI=1S/C25H20N4O3/c1-3-32-20-11-12-23-21(14-20)25-22(15-26-23)24(17-9-7-16(2)8-10-17)27-28(25)18-5-4-6-19(13-18)29(30)31/h4-15H,3H2,1-2H3. The Bertz CT molecular complexity index is 1470. The lowest BCUT2D eigenvalue weighted by atomic mass is 10.1. The van der Waals surface area contributed by atoms with Crippen LogP contribution in [0.3, 0.4) is 0 Å². The van der Waals surface area contributed by atoms with Crippen molar-refractivity contribution in [2.75, 3.05) is 6.61 Å². The van der Waals surface area contributed by atoms with Gasteiger partial charge in [-0.1, -0.05) is 35.9 Å². The number of benzene rings is 3. The smallest absolute Gasteiger partial charge is 0.271 e. The number of nitro groups is 1. The van der Waals surface area contributed by atoms with Gasteiger partial charge in [0.1, 0.15) is 11.4 Å². The molecule has 158 valence electrons. The lowest BCUT2D eigenvalue weighted by Crippen LogP contribution is -1.99. The number of hydrogen-bond acceptors (Lipinski definition) is 5. The van der Waals surface area contributed by atoms with E-state index >= 15 is 0 Å². The van der Waals surface area contributed by atoms with Gasteiger partial charge in [-0.05, 0) is 38.1 Å². The van der Waals surface area contributed by atoms with Gasteiger partial charge < -0.3 is 4.74 Å². The normalized spacial score (nSPS) is 11.2. The third kappa shape index (κ3) is 3.33. The van der Waals surface area contributed by atoms with Crippen LogP contribution in [0.5, 0.6) is 5.75 Å². The maximum absolute atomic E-state index is 11.4. The zero-order valence-electron chi connectivity index (χ0n) is 17.6. The second-order valence-corrected chi connectivity index (χ2v) is 7.54. The number of rotatable bonds is 5. The van der Waals surface area contributed by atoms with Crippen LogP contribution in [0, 0.1) is 17.0 Å². The van der Waals surface area contributed by atoms with Crippen molar-refractivity contribution < 1.29 is 9.66 Å². The van der Waals surface area contributed by atoms with Gasteiger partial charge in [0.05, 0.1) is 28.3 Å². The van der Waals surface area contributed by atoms with Crippen molar-refractivity contribution in [3.63, 3.8) is 0 Å². The molecule has 3 aromatic carbocycles. The van der Waals surface area contributed by atoms with E-state index in [-0.39, 0.29) is 5.69 Å². The van der Waals surface area contributed by atoms with Crippen LogP contribution >= 0.6 is 0 Å². The van der Waals surface area contributed by atoms with Gasteiger partial charge >= 0.3 is 0 Å². The highest BCUT2D eigenvalue weighted by Crippen LogP contribution is 2.35. The van der Waals surface area contributed by atoms with E-state index in [1.54, 1.807) is 10.7 Å². The van der Waals surface area contributed by atoms with Crippen LogP contribution in [0.2, 0.25) is 0 Å². The number of aryl methyl sites for hydroxylation is 1. The molecule has 32 heavy (non-hydrogen) atoms. The van der Waals surface area contributed by atoms with Crippen molar-refractivity contribution in [1.82, 2.24) is 14.8 Å². The van der Waals surface area contributed by atoms with Crippen LogP contribution in [0.25, 0.3) is 38.8 Å². The summed E-state index contributed by atoms with van der Waals surface area (Å²) in [7, 11) is 0. The first kappa shape index (κ1) is 19.7. The fraction of sp³-hybridized carbons (Fsp3) is 0.120. The van der Waals surface area contributed by atoms with E-state index < -0.39 is 4.92 Å². The fourth-order valence-corrected chi connectivity index (χ4v) is 3.87. The molecule has 7 nitrogen and oxygen atoms in total. The highest BCUT2D eigenvalue weighted by molar-refractivity contribution is 6.09. The predicted molar refractivity (Wildman–Crippen MR) is 124 cm³/mol. The average molecular weight is 424 g/mol. The molecule has 0 aliphatic carbocycles. The lowest BCUT2D eigenvalue weighted by molar-refractivity contribution is -0.384. The maximum Gasteiger partial charge on any atom is 0.271 e. The first-order valence-corrected chi connectivity index (χ1v) is 10.3. The number of nitrogens with zero attached hydrogens (tertiary/aromatic N) is 4. The molecule has 5 aromatic rings. The number of non-ortho nitro benzene ring substituents is 1. The summed E-state index contributed by atoms with van der Waals surface area (Å²) in [5.74, 6) is 0.734. The third-order valence-corrected chi connectivity index (χ3v) is 5.40. The number of hydrogen-bond donors (Lipinski definition) is 0. The largest absolute Gasteiger partial charge is 0.494 e. The minimum atomic E-state index is -0.400. The number of ether oxygens (including phenoxy) is 1. The number of pyridine rings is 1. The van der Waals surface area contributed by atoms with Crippen LogP contribution in [-0.2, 0) is 0 Å². The summed E-state index contributed by atoms with van der Waals surface area (Å²) in [6.07, 6.45) is 1.81. The Morgan fingerprint density at radius 1 is 1.03 bits per heavy atom. The molecule has 2 heterocycles. The van der Waals surface area contributed by atoms with Crippen LogP contribution in [-0.4, -0.2) is 26.3 Å². The SMILES string of the molecule is CCOc1ccc2ncc3c(-c4ccc(C)cc4)nn(-c4cccc([N+](=O)[O-])c4)c3c2c1. The Labute approximate surface area is 184 Å². The number of nitro benzene ring substituents is 1. The van der Waals surface area contributed by atoms with E-state index in [0.29, 0.717) is 12.3 Å². The van der Waals surface area contributed by atoms with Crippen molar-refractivity contribution in [1.29, 1.82) is 0 Å². The van der Waals surface area contributed by atoms with Gasteiger partial charge in [0.25, 0.3) is 5.69 Å². The van der Waals surface area contributed by atoms with Gasteiger partial charge in [0.15, 0.2) is 0 Å². The monoisotopic (exact) mass is 424 g/mol. The van der Waals surface area contributed by atoms with Gasteiger partial charge in [0, 0.05) is 34.7 Å². The minimum Gasteiger partial charge on any atom is -0.494 e. The summed E-state index contributed by atoms with van der Waals surface area (Å²) in [4.78, 5) is 15.6. The van der Waals surface area contributed by atoms with Crippen molar-refractivity contribution >= 4 is 27.5 Å². The molecule has 2 aromatic heterocycles. The first-order valence-electron chi connectivity index (χ1n) is 10.3. The summed E-state index contributed by atoms with van der Waals surface area (Å²) in [6.45, 7) is 4.52. The molecule has 0 fully saturated rings. The highest BCUT2D eigenvalue weighted by Gasteiger charge is 2.19. The Hall–Kier alpha value is -4.26. The second-order valence-electron chi connectivity index (χ2n) is 7.54. The summed E-state index contributed by atoms with van der Waals surface area (Å²) >= 11 is 0. The Kier molecular flexibility index (Phi) is 4.78. The van der Waals surface area contributed by atoms with Gasteiger partial charge in [-0.2, -0.15) is 5.10 Å². The van der Waals surface area contributed by atoms with Crippen LogP contribution in [0.4, 0.5) is 5.69 Å². The first-order chi connectivity index (χ1) is 15.5. The Balaban J connectivity index is 1.86. The Morgan fingerprint density at radius 3 is 2.59 bits per heavy atom. The van der Waals surface area contributed by atoms with E-state index in [9.17, 15) is 10.1 Å². The molecule has 0 spiro atoms. The molecule has 0 saturated heterocycles. The zero-order chi connectivity index (χ0) is 22.2. The van der Waals surface area contributed by atoms with Crippen LogP contribution in [0.1, 0.15) is 12.5 Å². The summed E-state index contributed by atoms with van der Waals surface area (Å²) in [5, 5.41) is 18.0. The van der Waals surface area contributed by atoms with Crippen LogP contribution < -0.4 is 4.74 Å². The van der Waals surface area contributed by atoms with Crippen molar-refractivity contribution in [2.24, 2.45) is 0 Å². The molecular weight excluding hydrogens is 404 g/mol. The molecule has 0 N–H and O–H groups in total. The number of aromatic nitrogens is 3. The second kappa shape index (κ2) is 7.77. The fourth-order valence-electron chi connectivity index (χ4n) is 3.87. The molecule has 0 unspecified atom stereocenters. The van der Waals surface area contributed by atoms with Crippen molar-refractivity contribution in [2.45, 2.75) is 13.8 Å². The van der Waals surface area contributed by atoms with Crippen LogP contribution in [0.15, 0.2) is 72.9 Å². The zero-order valence-corrected chi connectivity index (χ0v) is 17.6.